The van der Waals surface area contributed by atoms with Crippen LogP contribution in [0.3, 0.4) is 0 Å². The van der Waals surface area contributed by atoms with E-state index in [0.717, 1.165) is 18.6 Å². The first-order valence-electron chi connectivity index (χ1n) is 6.09. The normalized spacial score (nSPS) is 10.7. The van der Waals surface area contributed by atoms with Gasteiger partial charge in [-0.25, -0.2) is 23.2 Å². The number of rotatable bonds is 12. The lowest BCUT2D eigenvalue weighted by atomic mass is 10.4. The van der Waals surface area contributed by atoms with Gasteiger partial charge in [0, 0.05) is 12.2 Å². The quantitative estimate of drug-likeness (QED) is 0.177. The molecule has 0 aliphatic carbocycles. The SMILES string of the molecule is C=CC(=O)OCOP(=O)(OCCCC)OCOC(=O)C=C. The molecule has 0 rings (SSSR count). The third kappa shape index (κ3) is 9.97. The van der Waals surface area contributed by atoms with Crippen LogP contribution in [0.25, 0.3) is 0 Å². The first kappa shape index (κ1) is 19.5. The van der Waals surface area contributed by atoms with Crippen LogP contribution in [0.1, 0.15) is 19.8 Å². The van der Waals surface area contributed by atoms with Gasteiger partial charge in [0.25, 0.3) is 0 Å². The number of phosphoric acid groups is 1. The number of carbonyl (C=O) groups is 2. The Balaban J connectivity index is 4.34. The average Bonchev–Trinajstić information content (AvgIpc) is 2.47. The summed E-state index contributed by atoms with van der Waals surface area (Å²) < 4.78 is 35.7. The number of esters is 2. The van der Waals surface area contributed by atoms with Gasteiger partial charge in [0.1, 0.15) is 0 Å². The number of hydrogen-bond donors (Lipinski definition) is 0. The van der Waals surface area contributed by atoms with Crippen LogP contribution in [0.15, 0.2) is 25.3 Å². The number of carbonyl (C=O) groups excluding carboxylic acids is 2. The highest BCUT2D eigenvalue weighted by Crippen LogP contribution is 2.49. The minimum absolute atomic E-state index is 0.110. The molecule has 0 fully saturated rings. The van der Waals surface area contributed by atoms with Crippen molar-refractivity contribution in [2.45, 2.75) is 19.8 Å². The fourth-order valence-electron chi connectivity index (χ4n) is 0.848. The number of unbranched alkanes of at least 4 members (excludes halogenated alkanes) is 1. The van der Waals surface area contributed by atoms with Crippen LogP contribution in [0, 0.1) is 0 Å². The molecule has 8 nitrogen and oxygen atoms in total. The Morgan fingerprint density at radius 1 is 1.00 bits per heavy atom. The zero-order valence-electron chi connectivity index (χ0n) is 11.8. The van der Waals surface area contributed by atoms with Gasteiger partial charge in [-0.3, -0.25) is 4.52 Å². The Morgan fingerprint density at radius 3 is 1.86 bits per heavy atom. The average molecular weight is 322 g/mol. The van der Waals surface area contributed by atoms with Gasteiger partial charge in [-0.15, -0.1) is 0 Å². The zero-order chi connectivity index (χ0) is 16.1. The number of ether oxygens (including phenoxy) is 2. The van der Waals surface area contributed by atoms with Gasteiger partial charge < -0.3 is 9.47 Å². The molecular weight excluding hydrogens is 303 g/mol. The standard InChI is InChI=1S/C12H19O8P/c1-4-7-8-18-21(15,19-9-16-11(13)5-2)20-10-17-12(14)6-3/h5-6H,2-4,7-10H2,1H3. The van der Waals surface area contributed by atoms with E-state index in [2.05, 4.69) is 22.6 Å². The molecule has 0 aliphatic heterocycles. The van der Waals surface area contributed by atoms with Crippen LogP contribution in [-0.2, 0) is 37.2 Å². The van der Waals surface area contributed by atoms with E-state index >= 15 is 0 Å². The lowest BCUT2D eigenvalue weighted by Crippen LogP contribution is -2.10. The summed E-state index contributed by atoms with van der Waals surface area (Å²) >= 11 is 0. The van der Waals surface area contributed by atoms with Crippen molar-refractivity contribution in [3.05, 3.63) is 25.3 Å². The molecule has 0 radical (unpaired) electrons. The van der Waals surface area contributed by atoms with Gasteiger partial charge in [-0.05, 0) is 6.42 Å². The maximum absolute atomic E-state index is 12.1. The van der Waals surface area contributed by atoms with Crippen molar-refractivity contribution in [3.63, 3.8) is 0 Å². The fraction of sp³-hybridized carbons (Fsp3) is 0.500. The van der Waals surface area contributed by atoms with Gasteiger partial charge in [0.2, 0.25) is 13.6 Å². The molecule has 0 atom stereocenters. The lowest BCUT2D eigenvalue weighted by molar-refractivity contribution is -0.147. The highest BCUT2D eigenvalue weighted by Gasteiger charge is 2.27. The highest BCUT2D eigenvalue weighted by atomic mass is 31.2. The van der Waals surface area contributed by atoms with Crippen LogP contribution in [0.4, 0.5) is 0 Å². The van der Waals surface area contributed by atoms with E-state index in [1.807, 2.05) is 6.92 Å². The highest BCUT2D eigenvalue weighted by molar-refractivity contribution is 7.48. The Labute approximate surface area is 123 Å². The van der Waals surface area contributed by atoms with Gasteiger partial charge >= 0.3 is 19.8 Å². The molecule has 0 aromatic heterocycles. The molecule has 0 N–H and O–H groups in total. The van der Waals surface area contributed by atoms with Gasteiger partial charge in [-0.1, -0.05) is 26.5 Å². The third-order valence-corrected chi connectivity index (χ3v) is 3.25. The predicted molar refractivity (Wildman–Crippen MR) is 72.9 cm³/mol. The molecule has 21 heavy (non-hydrogen) atoms. The van der Waals surface area contributed by atoms with Crippen LogP contribution < -0.4 is 0 Å². The van der Waals surface area contributed by atoms with E-state index in [4.69, 9.17) is 13.6 Å². The second kappa shape index (κ2) is 11.2. The zero-order valence-corrected chi connectivity index (χ0v) is 12.7. The number of hydrogen-bond acceptors (Lipinski definition) is 8. The summed E-state index contributed by atoms with van der Waals surface area (Å²) in [5.41, 5.74) is 0. The molecule has 9 heteroatoms. The monoisotopic (exact) mass is 322 g/mol. The van der Waals surface area contributed by atoms with Crippen molar-refractivity contribution in [2.24, 2.45) is 0 Å². The van der Waals surface area contributed by atoms with Crippen LogP contribution in [0.2, 0.25) is 0 Å². The summed E-state index contributed by atoms with van der Waals surface area (Å²) in [5.74, 6) is -1.51. The van der Waals surface area contributed by atoms with Crippen molar-refractivity contribution < 1.29 is 37.2 Å². The molecule has 0 aromatic rings. The van der Waals surface area contributed by atoms with Crippen molar-refractivity contribution in [2.75, 3.05) is 20.2 Å². The largest absolute Gasteiger partial charge is 0.480 e. The molecule has 0 amide bonds. The van der Waals surface area contributed by atoms with E-state index in [9.17, 15) is 14.2 Å². The molecule has 0 spiro atoms. The Bertz CT molecular complexity index is 376. The lowest BCUT2D eigenvalue weighted by Gasteiger charge is -2.17. The van der Waals surface area contributed by atoms with E-state index in [1.54, 1.807) is 0 Å². The summed E-state index contributed by atoms with van der Waals surface area (Å²) in [6, 6.07) is 0. The smallest absolute Gasteiger partial charge is 0.435 e. The summed E-state index contributed by atoms with van der Waals surface area (Å²) in [4.78, 5) is 21.7. The fourth-order valence-corrected chi connectivity index (χ4v) is 1.79. The van der Waals surface area contributed by atoms with E-state index < -0.39 is 33.3 Å². The summed E-state index contributed by atoms with van der Waals surface area (Å²) in [6.07, 6.45) is 3.25. The molecule has 0 saturated heterocycles. The van der Waals surface area contributed by atoms with Crippen molar-refractivity contribution in [1.82, 2.24) is 0 Å². The Hall–Kier alpha value is -1.47. The molecule has 0 unspecified atom stereocenters. The molecular formula is C12H19O8P. The molecule has 0 aromatic carbocycles. The second-order valence-corrected chi connectivity index (χ2v) is 5.13. The molecule has 0 aliphatic rings. The van der Waals surface area contributed by atoms with E-state index in [1.165, 1.54) is 0 Å². The second-order valence-electron chi connectivity index (χ2n) is 3.46. The molecule has 0 bridgehead atoms. The minimum Gasteiger partial charge on any atom is -0.435 e. The third-order valence-electron chi connectivity index (χ3n) is 1.90. The van der Waals surface area contributed by atoms with Crippen molar-refractivity contribution >= 4 is 19.8 Å². The van der Waals surface area contributed by atoms with Crippen LogP contribution >= 0.6 is 7.82 Å². The molecule has 0 saturated carbocycles. The predicted octanol–water partition coefficient (Wildman–Crippen LogP) is 2.32. The maximum atomic E-state index is 12.1. The topological polar surface area (TPSA) is 97.4 Å². The first-order valence-corrected chi connectivity index (χ1v) is 7.55. The molecule has 120 valence electrons. The van der Waals surface area contributed by atoms with Crippen LogP contribution in [0.5, 0.6) is 0 Å². The number of phosphoric ester groups is 1. The Kier molecular flexibility index (Phi) is 10.4. The van der Waals surface area contributed by atoms with E-state index in [0.29, 0.717) is 6.42 Å². The van der Waals surface area contributed by atoms with Crippen molar-refractivity contribution in [3.8, 4) is 0 Å². The van der Waals surface area contributed by atoms with Crippen LogP contribution in [-0.4, -0.2) is 32.1 Å². The van der Waals surface area contributed by atoms with Gasteiger partial charge in [0.15, 0.2) is 0 Å². The van der Waals surface area contributed by atoms with Gasteiger partial charge in [0.05, 0.1) is 6.61 Å². The van der Waals surface area contributed by atoms with Crippen molar-refractivity contribution in [1.29, 1.82) is 0 Å². The summed E-state index contributed by atoms with van der Waals surface area (Å²) in [7, 11) is -4.01. The minimum atomic E-state index is -4.01. The van der Waals surface area contributed by atoms with E-state index in [-0.39, 0.29) is 6.61 Å². The maximum Gasteiger partial charge on any atom is 0.480 e. The Morgan fingerprint density at radius 2 is 1.48 bits per heavy atom. The summed E-state index contributed by atoms with van der Waals surface area (Å²) in [6.45, 7) is 7.09. The first-order chi connectivity index (χ1) is 9.97. The van der Waals surface area contributed by atoms with Gasteiger partial charge in [-0.2, -0.15) is 0 Å². The summed E-state index contributed by atoms with van der Waals surface area (Å²) in [5, 5.41) is 0. The molecule has 0 heterocycles.